The van der Waals surface area contributed by atoms with E-state index in [9.17, 15) is 18.0 Å². The lowest BCUT2D eigenvalue weighted by molar-refractivity contribution is 0.0993. The monoisotopic (exact) mass is 614 g/mol. The summed E-state index contributed by atoms with van der Waals surface area (Å²) < 4.78 is 29.7. The van der Waals surface area contributed by atoms with E-state index in [1.807, 2.05) is 66.7 Å². The minimum Gasteiger partial charge on any atom is -0.321 e. The van der Waals surface area contributed by atoms with Gasteiger partial charge in [0.2, 0.25) is 5.95 Å². The third-order valence-electron chi connectivity index (χ3n) is 6.85. The molecule has 6 rings (SSSR count). The van der Waals surface area contributed by atoms with E-state index >= 15 is 0 Å². The standard InChI is InChI=1S/C34H26N6O4S/c1-23-21-22-35-34(36-23)39-45(43,44)28-19-17-26(18-20-28)37-33(42)30-29(32(41)25-13-7-3-8-14-25)31(24-11-5-2-6-12-24)40(38-30)27-15-9-4-10-16-27/h2-22H,1H3,(H,37,42)(H,35,36,39). The van der Waals surface area contributed by atoms with Crippen LogP contribution in [0.3, 0.4) is 0 Å². The van der Waals surface area contributed by atoms with Crippen molar-refractivity contribution in [3.8, 4) is 16.9 Å². The van der Waals surface area contributed by atoms with Crippen molar-refractivity contribution >= 4 is 33.3 Å². The molecule has 2 heterocycles. The number of nitrogens with zero attached hydrogens (tertiary/aromatic N) is 4. The van der Waals surface area contributed by atoms with Crippen LogP contribution in [-0.4, -0.2) is 39.9 Å². The first-order valence-electron chi connectivity index (χ1n) is 13.9. The number of carbonyl (C=O) groups excluding carboxylic acids is 2. The average molecular weight is 615 g/mol. The van der Waals surface area contributed by atoms with Crippen LogP contribution in [0.15, 0.2) is 132 Å². The predicted molar refractivity (Wildman–Crippen MR) is 171 cm³/mol. The highest BCUT2D eigenvalue weighted by Gasteiger charge is 2.30. The number of carbonyl (C=O) groups is 2. The van der Waals surface area contributed by atoms with Gasteiger partial charge in [0, 0.05) is 28.7 Å². The fourth-order valence-electron chi connectivity index (χ4n) is 4.73. The Hall–Kier alpha value is -5.94. The number of ketones is 1. The first-order chi connectivity index (χ1) is 21.8. The summed E-state index contributed by atoms with van der Waals surface area (Å²) in [5, 5.41) is 7.45. The topological polar surface area (TPSA) is 136 Å². The highest BCUT2D eigenvalue weighted by molar-refractivity contribution is 7.92. The molecular formula is C34H26N6O4S. The number of para-hydroxylation sites is 1. The lowest BCUT2D eigenvalue weighted by Crippen LogP contribution is -2.18. The second kappa shape index (κ2) is 12.3. The molecule has 0 atom stereocenters. The van der Waals surface area contributed by atoms with Gasteiger partial charge in [-0.3, -0.25) is 9.59 Å². The van der Waals surface area contributed by atoms with Crippen molar-refractivity contribution < 1.29 is 18.0 Å². The van der Waals surface area contributed by atoms with Gasteiger partial charge < -0.3 is 5.32 Å². The highest BCUT2D eigenvalue weighted by atomic mass is 32.2. The molecule has 0 spiro atoms. The Kier molecular flexibility index (Phi) is 8.00. The molecule has 2 aromatic heterocycles. The summed E-state index contributed by atoms with van der Waals surface area (Å²) in [5.74, 6) is -1.05. The van der Waals surface area contributed by atoms with Gasteiger partial charge >= 0.3 is 0 Å². The van der Waals surface area contributed by atoms with E-state index < -0.39 is 15.9 Å². The number of rotatable bonds is 9. The van der Waals surface area contributed by atoms with Crippen molar-refractivity contribution in [1.82, 2.24) is 19.7 Å². The third-order valence-corrected chi connectivity index (χ3v) is 8.20. The van der Waals surface area contributed by atoms with Crippen molar-refractivity contribution in [2.24, 2.45) is 0 Å². The molecule has 0 aliphatic carbocycles. The summed E-state index contributed by atoms with van der Waals surface area (Å²) in [5.41, 5.74) is 3.19. The number of amides is 1. The van der Waals surface area contributed by atoms with Crippen LogP contribution in [0.2, 0.25) is 0 Å². The molecule has 6 aromatic rings. The van der Waals surface area contributed by atoms with Gasteiger partial charge in [-0.25, -0.2) is 27.8 Å². The van der Waals surface area contributed by atoms with Gasteiger partial charge in [-0.15, -0.1) is 0 Å². The SMILES string of the molecule is Cc1ccnc(NS(=O)(=O)c2ccc(NC(=O)c3nn(-c4ccccc4)c(-c4ccccc4)c3C(=O)c3ccccc3)cc2)n1. The van der Waals surface area contributed by atoms with E-state index in [1.165, 1.54) is 30.5 Å². The summed E-state index contributed by atoms with van der Waals surface area (Å²) in [6, 6.07) is 34.5. The third kappa shape index (κ3) is 6.24. The summed E-state index contributed by atoms with van der Waals surface area (Å²) in [6.45, 7) is 1.72. The second-order valence-corrected chi connectivity index (χ2v) is 11.7. The fraction of sp³-hybridized carbons (Fsp3) is 0.0294. The predicted octanol–water partition coefficient (Wildman–Crippen LogP) is 5.92. The quantitative estimate of drug-likeness (QED) is 0.193. The molecule has 10 nitrogen and oxygen atoms in total. The summed E-state index contributed by atoms with van der Waals surface area (Å²) in [7, 11) is -3.99. The number of anilines is 2. The number of benzene rings is 4. The minimum atomic E-state index is -3.99. The van der Waals surface area contributed by atoms with Gasteiger partial charge in [-0.05, 0) is 49.4 Å². The molecule has 0 bridgehead atoms. The molecule has 0 saturated heterocycles. The molecule has 0 aliphatic rings. The molecule has 1 amide bonds. The molecule has 11 heteroatoms. The van der Waals surface area contributed by atoms with Gasteiger partial charge in [0.1, 0.15) is 0 Å². The van der Waals surface area contributed by atoms with Crippen LogP contribution in [0, 0.1) is 6.92 Å². The lowest BCUT2D eigenvalue weighted by Gasteiger charge is -2.10. The minimum absolute atomic E-state index is 0.0498. The maximum Gasteiger partial charge on any atom is 0.276 e. The van der Waals surface area contributed by atoms with E-state index in [4.69, 9.17) is 0 Å². The van der Waals surface area contributed by atoms with Crippen molar-refractivity contribution in [2.75, 3.05) is 10.0 Å². The maximum atomic E-state index is 14.1. The van der Waals surface area contributed by atoms with Gasteiger partial charge in [0.05, 0.1) is 21.8 Å². The van der Waals surface area contributed by atoms with E-state index in [0.717, 1.165) is 0 Å². The zero-order chi connectivity index (χ0) is 31.4. The summed E-state index contributed by atoms with van der Waals surface area (Å²) in [6.07, 6.45) is 1.46. The molecule has 0 fully saturated rings. The van der Waals surface area contributed by atoms with Gasteiger partial charge in [-0.1, -0.05) is 78.9 Å². The van der Waals surface area contributed by atoms with Gasteiger partial charge in [0.15, 0.2) is 11.5 Å². The van der Waals surface area contributed by atoms with Crippen molar-refractivity contribution in [1.29, 1.82) is 0 Å². The number of sulfonamides is 1. The van der Waals surface area contributed by atoms with E-state index in [0.29, 0.717) is 33.9 Å². The van der Waals surface area contributed by atoms with E-state index in [-0.39, 0.29) is 27.9 Å². The lowest BCUT2D eigenvalue weighted by atomic mass is 9.97. The molecule has 222 valence electrons. The Labute approximate surface area is 259 Å². The van der Waals surface area contributed by atoms with Crippen molar-refractivity contribution in [2.45, 2.75) is 11.8 Å². The largest absolute Gasteiger partial charge is 0.321 e. The number of nitrogens with one attached hydrogen (secondary N) is 2. The van der Waals surface area contributed by atoms with Crippen LogP contribution in [0.5, 0.6) is 0 Å². The second-order valence-electron chi connectivity index (χ2n) is 9.99. The molecule has 45 heavy (non-hydrogen) atoms. The first-order valence-corrected chi connectivity index (χ1v) is 15.4. The molecular weight excluding hydrogens is 588 g/mol. The van der Waals surface area contributed by atoms with Gasteiger partial charge in [-0.2, -0.15) is 5.10 Å². The summed E-state index contributed by atoms with van der Waals surface area (Å²) >= 11 is 0. The van der Waals surface area contributed by atoms with Crippen LogP contribution in [0.25, 0.3) is 16.9 Å². The van der Waals surface area contributed by atoms with Gasteiger partial charge in [0.25, 0.3) is 15.9 Å². The molecule has 0 saturated carbocycles. The smallest absolute Gasteiger partial charge is 0.276 e. The van der Waals surface area contributed by atoms with Crippen LogP contribution < -0.4 is 10.0 Å². The Balaban J connectivity index is 1.39. The fourth-order valence-corrected chi connectivity index (χ4v) is 5.68. The highest BCUT2D eigenvalue weighted by Crippen LogP contribution is 2.32. The first kappa shape index (κ1) is 29.1. The molecule has 2 N–H and O–H groups in total. The normalized spacial score (nSPS) is 11.1. The Morgan fingerprint density at radius 2 is 1.38 bits per heavy atom. The number of hydrogen-bond acceptors (Lipinski definition) is 7. The number of hydrogen-bond donors (Lipinski definition) is 2. The molecule has 0 aliphatic heterocycles. The maximum absolute atomic E-state index is 14.1. The average Bonchev–Trinajstić information content (AvgIpc) is 3.47. The van der Waals surface area contributed by atoms with Crippen LogP contribution in [-0.2, 0) is 10.0 Å². The van der Waals surface area contributed by atoms with Crippen molar-refractivity contribution in [3.63, 3.8) is 0 Å². The van der Waals surface area contributed by atoms with E-state index in [1.54, 1.807) is 41.9 Å². The van der Waals surface area contributed by atoms with Crippen LogP contribution in [0.4, 0.5) is 11.6 Å². The zero-order valence-electron chi connectivity index (χ0n) is 24.0. The zero-order valence-corrected chi connectivity index (χ0v) is 24.8. The summed E-state index contributed by atoms with van der Waals surface area (Å²) in [4.78, 5) is 35.9. The number of aromatic nitrogens is 4. The Morgan fingerprint density at radius 3 is 2.02 bits per heavy atom. The van der Waals surface area contributed by atoms with Crippen LogP contribution >= 0.6 is 0 Å². The molecule has 0 radical (unpaired) electrons. The van der Waals surface area contributed by atoms with E-state index in [2.05, 4.69) is 25.1 Å². The number of aryl methyl sites for hydroxylation is 1. The van der Waals surface area contributed by atoms with Crippen molar-refractivity contribution in [3.05, 3.63) is 150 Å². The Bertz CT molecular complexity index is 2100. The molecule has 4 aromatic carbocycles. The molecule has 0 unspecified atom stereocenters. The van der Waals surface area contributed by atoms with Crippen LogP contribution in [0.1, 0.15) is 32.1 Å². The Morgan fingerprint density at radius 1 is 0.756 bits per heavy atom.